The van der Waals surface area contributed by atoms with Crippen LogP contribution in [0.4, 0.5) is 13.2 Å². The molecule has 21 heavy (non-hydrogen) atoms. The van der Waals surface area contributed by atoms with Crippen molar-refractivity contribution in [2.45, 2.75) is 6.18 Å². The Morgan fingerprint density at radius 1 is 1.24 bits per heavy atom. The first-order valence-electron chi connectivity index (χ1n) is 5.75. The number of benzene rings is 1. The van der Waals surface area contributed by atoms with Gasteiger partial charge in [-0.25, -0.2) is 4.79 Å². The number of nitrogens with zero attached hydrogens (tertiary/aromatic N) is 1. The summed E-state index contributed by atoms with van der Waals surface area (Å²) in [6.07, 6.45) is -4.46. The number of carboxylic acid groups (broad SMARTS) is 1. The van der Waals surface area contributed by atoms with Crippen LogP contribution in [0.2, 0.25) is 0 Å². The van der Waals surface area contributed by atoms with E-state index in [1.807, 2.05) is 0 Å². The van der Waals surface area contributed by atoms with Crippen molar-refractivity contribution in [2.75, 3.05) is 0 Å². The number of aromatic nitrogens is 2. The third-order valence-electron chi connectivity index (χ3n) is 2.94. The highest BCUT2D eigenvalue weighted by molar-refractivity contribution is 5.88. The molecule has 2 N–H and O–H groups in total. The number of H-pyrrole nitrogens is 1. The Balaban J connectivity index is 2.05. The van der Waals surface area contributed by atoms with Crippen LogP contribution in [0.15, 0.2) is 34.9 Å². The van der Waals surface area contributed by atoms with Gasteiger partial charge in [0.2, 0.25) is 0 Å². The van der Waals surface area contributed by atoms with Crippen LogP contribution in [0.3, 0.4) is 0 Å². The van der Waals surface area contributed by atoms with Crippen molar-refractivity contribution in [1.29, 1.82) is 0 Å². The summed E-state index contributed by atoms with van der Waals surface area (Å²) in [5, 5.41) is 12.5. The van der Waals surface area contributed by atoms with Crippen LogP contribution >= 0.6 is 0 Å². The first kappa shape index (κ1) is 13.2. The second-order valence-corrected chi connectivity index (χ2v) is 4.36. The minimum atomic E-state index is -4.46. The van der Waals surface area contributed by atoms with Gasteiger partial charge in [0.15, 0.2) is 11.5 Å². The molecule has 0 spiro atoms. The lowest BCUT2D eigenvalue weighted by Gasteiger charge is -2.00. The fourth-order valence-corrected chi connectivity index (χ4v) is 1.95. The smallest absolute Gasteiger partial charge is 0.431 e. The quantitative estimate of drug-likeness (QED) is 0.758. The molecular weight excluding hydrogens is 289 g/mol. The van der Waals surface area contributed by atoms with Crippen LogP contribution in [-0.4, -0.2) is 21.2 Å². The molecule has 2 heterocycles. The number of nitrogens with one attached hydrogen (secondary N) is 1. The summed E-state index contributed by atoms with van der Waals surface area (Å²) in [6.45, 7) is 0. The van der Waals surface area contributed by atoms with E-state index < -0.39 is 17.8 Å². The molecule has 0 aliphatic rings. The van der Waals surface area contributed by atoms with Crippen LogP contribution < -0.4 is 0 Å². The summed E-state index contributed by atoms with van der Waals surface area (Å²) in [5.41, 5.74) is -0.354. The first-order chi connectivity index (χ1) is 9.84. The van der Waals surface area contributed by atoms with Gasteiger partial charge < -0.3 is 14.6 Å². The summed E-state index contributed by atoms with van der Waals surface area (Å²) in [7, 11) is 0. The van der Waals surface area contributed by atoms with Crippen LogP contribution in [-0.2, 0) is 6.18 Å². The van der Waals surface area contributed by atoms with E-state index in [1.165, 1.54) is 24.3 Å². The lowest BCUT2D eigenvalue weighted by molar-refractivity contribution is -0.140. The first-order valence-corrected chi connectivity index (χ1v) is 5.75. The molecule has 0 radical (unpaired) electrons. The van der Waals surface area contributed by atoms with E-state index in [4.69, 9.17) is 9.63 Å². The van der Waals surface area contributed by atoms with E-state index in [0.717, 1.165) is 6.07 Å². The maximum Gasteiger partial charge on any atom is 0.431 e. The maximum atomic E-state index is 12.6. The molecule has 1 aromatic carbocycles. The number of fused-ring (bicyclic) bond motifs is 1. The van der Waals surface area contributed by atoms with Crippen molar-refractivity contribution in [1.82, 2.24) is 10.1 Å². The highest BCUT2D eigenvalue weighted by atomic mass is 19.4. The summed E-state index contributed by atoms with van der Waals surface area (Å²) in [4.78, 5) is 13.0. The van der Waals surface area contributed by atoms with Gasteiger partial charge in [-0.15, -0.1) is 0 Å². The number of carbonyl (C=O) groups is 1. The van der Waals surface area contributed by atoms with E-state index in [2.05, 4.69) is 10.1 Å². The standard InChI is InChI=1S/C13H7F3N2O3/c14-13(15,16)11-4-7-3-6(1-2-8(7)17-11)10-5-9(12(19)20)18-21-10/h1-5,17H,(H,19,20). The SMILES string of the molecule is O=C(O)c1cc(-c2ccc3[nH]c(C(F)(F)F)cc3c2)on1. The molecule has 0 atom stereocenters. The number of aromatic carboxylic acids is 1. The second kappa shape index (κ2) is 4.37. The second-order valence-electron chi connectivity index (χ2n) is 4.36. The molecule has 0 saturated carbocycles. The van der Waals surface area contributed by atoms with Crippen molar-refractivity contribution in [2.24, 2.45) is 0 Å². The van der Waals surface area contributed by atoms with Crippen molar-refractivity contribution >= 4 is 16.9 Å². The van der Waals surface area contributed by atoms with Crippen LogP contribution in [0, 0.1) is 0 Å². The molecule has 0 amide bonds. The van der Waals surface area contributed by atoms with E-state index in [1.54, 1.807) is 0 Å². The molecule has 8 heteroatoms. The lowest BCUT2D eigenvalue weighted by atomic mass is 10.1. The zero-order chi connectivity index (χ0) is 15.2. The third kappa shape index (κ3) is 2.35. The molecule has 0 saturated heterocycles. The number of alkyl halides is 3. The Labute approximate surface area is 115 Å². The number of rotatable bonds is 2. The Kier molecular flexibility index (Phi) is 2.75. The van der Waals surface area contributed by atoms with Gasteiger partial charge in [-0.1, -0.05) is 5.16 Å². The lowest BCUT2D eigenvalue weighted by Crippen LogP contribution is -2.04. The van der Waals surface area contributed by atoms with Crippen LogP contribution in [0.1, 0.15) is 16.2 Å². The Hall–Kier alpha value is -2.77. The maximum absolute atomic E-state index is 12.6. The number of halogens is 3. The normalized spacial score (nSPS) is 12.0. The van der Waals surface area contributed by atoms with E-state index in [9.17, 15) is 18.0 Å². The van der Waals surface area contributed by atoms with Gasteiger partial charge in [0, 0.05) is 22.5 Å². The molecule has 3 aromatic rings. The van der Waals surface area contributed by atoms with Crippen molar-refractivity contribution in [3.63, 3.8) is 0 Å². The minimum Gasteiger partial charge on any atom is -0.476 e. The van der Waals surface area contributed by atoms with Gasteiger partial charge >= 0.3 is 12.1 Å². The van der Waals surface area contributed by atoms with Crippen molar-refractivity contribution in [3.8, 4) is 11.3 Å². The van der Waals surface area contributed by atoms with Gasteiger partial charge in [-0.3, -0.25) is 0 Å². The average Bonchev–Trinajstić information content (AvgIpc) is 3.04. The molecule has 0 aliphatic carbocycles. The molecule has 5 nitrogen and oxygen atoms in total. The minimum absolute atomic E-state index is 0.170. The predicted molar refractivity (Wildman–Crippen MR) is 65.8 cm³/mol. The molecular formula is C13H7F3N2O3. The molecule has 0 unspecified atom stereocenters. The van der Waals surface area contributed by atoms with Gasteiger partial charge in [0.1, 0.15) is 5.69 Å². The monoisotopic (exact) mass is 296 g/mol. The number of aromatic amines is 1. The predicted octanol–water partition coefficient (Wildman–Crippen LogP) is 3.54. The Morgan fingerprint density at radius 2 is 2.00 bits per heavy atom. The van der Waals surface area contributed by atoms with E-state index in [0.29, 0.717) is 16.5 Å². The van der Waals surface area contributed by atoms with E-state index in [-0.39, 0.29) is 11.5 Å². The molecule has 0 aliphatic heterocycles. The highest BCUT2D eigenvalue weighted by Gasteiger charge is 2.32. The Bertz CT molecular complexity index is 833. The van der Waals surface area contributed by atoms with Crippen molar-refractivity contribution in [3.05, 3.63) is 41.7 Å². The van der Waals surface area contributed by atoms with Crippen LogP contribution in [0.5, 0.6) is 0 Å². The average molecular weight is 296 g/mol. The summed E-state index contributed by atoms with van der Waals surface area (Å²) in [5.74, 6) is -1.07. The number of hydrogen-bond donors (Lipinski definition) is 2. The summed E-state index contributed by atoms with van der Waals surface area (Å²) < 4.78 is 42.7. The molecule has 0 fully saturated rings. The topological polar surface area (TPSA) is 79.1 Å². The molecule has 108 valence electrons. The van der Waals surface area contributed by atoms with Crippen LogP contribution in [0.25, 0.3) is 22.2 Å². The zero-order valence-electron chi connectivity index (χ0n) is 10.2. The molecule has 3 rings (SSSR count). The van der Waals surface area contributed by atoms with Gasteiger partial charge in [-0.05, 0) is 24.3 Å². The molecule has 0 bridgehead atoms. The zero-order valence-corrected chi connectivity index (χ0v) is 10.2. The largest absolute Gasteiger partial charge is 0.476 e. The summed E-state index contributed by atoms with van der Waals surface area (Å²) >= 11 is 0. The highest BCUT2D eigenvalue weighted by Crippen LogP contribution is 2.32. The number of hydrogen-bond acceptors (Lipinski definition) is 3. The third-order valence-corrected chi connectivity index (χ3v) is 2.94. The van der Waals surface area contributed by atoms with Crippen molar-refractivity contribution < 1.29 is 27.6 Å². The Morgan fingerprint density at radius 3 is 2.62 bits per heavy atom. The fourth-order valence-electron chi connectivity index (χ4n) is 1.95. The fraction of sp³-hybridized carbons (Fsp3) is 0.0769. The van der Waals surface area contributed by atoms with Gasteiger partial charge in [0.25, 0.3) is 0 Å². The van der Waals surface area contributed by atoms with Gasteiger partial charge in [-0.2, -0.15) is 13.2 Å². The molecule has 2 aromatic heterocycles. The van der Waals surface area contributed by atoms with E-state index >= 15 is 0 Å². The van der Waals surface area contributed by atoms with Gasteiger partial charge in [0.05, 0.1) is 0 Å². The summed E-state index contributed by atoms with van der Waals surface area (Å²) in [6, 6.07) is 6.63. The number of carboxylic acids is 1.